The molecule has 0 aliphatic carbocycles. The quantitative estimate of drug-likeness (QED) is 0.558. The lowest BCUT2D eigenvalue weighted by molar-refractivity contribution is -0.190. The lowest BCUT2D eigenvalue weighted by atomic mass is 9.96. The van der Waals surface area contributed by atoms with Crippen molar-refractivity contribution in [2.24, 2.45) is 5.92 Å². The normalized spacial score (nSPS) is 22.1. The Bertz CT molecular complexity index is 1230. The molecule has 1 amide bonds. The van der Waals surface area contributed by atoms with E-state index < -0.39 is 36.0 Å². The van der Waals surface area contributed by atoms with Crippen LogP contribution in [-0.4, -0.2) is 45.3 Å². The number of amides is 1. The Balaban J connectivity index is 1.54. The molecule has 4 atom stereocenters. The summed E-state index contributed by atoms with van der Waals surface area (Å²) in [6.45, 7) is 3.62. The second-order valence-corrected chi connectivity index (χ2v) is 8.21. The van der Waals surface area contributed by atoms with E-state index in [0.717, 1.165) is 4.57 Å². The first kappa shape index (κ1) is 23.3. The van der Waals surface area contributed by atoms with E-state index in [2.05, 4.69) is 10.3 Å². The Kier molecular flexibility index (Phi) is 6.85. The average molecular weight is 463 g/mol. The van der Waals surface area contributed by atoms with Crippen molar-refractivity contribution < 1.29 is 24.2 Å². The van der Waals surface area contributed by atoms with Crippen molar-refractivity contribution in [1.29, 1.82) is 0 Å². The number of anilines is 1. The molecule has 1 aliphatic rings. The molecule has 3 aromatic rings. The fourth-order valence-corrected chi connectivity index (χ4v) is 3.78. The second kappa shape index (κ2) is 9.98. The molecule has 4 rings (SSSR count). The highest BCUT2D eigenvalue weighted by atomic mass is 16.6. The molecule has 2 N–H and O–H groups in total. The lowest BCUT2D eigenvalue weighted by Gasteiger charge is -2.38. The third-order valence-corrected chi connectivity index (χ3v) is 5.65. The molecule has 0 radical (unpaired) electrons. The molecule has 4 unspecified atom stereocenters. The Hall–Kier alpha value is -3.82. The maximum Gasteiger partial charge on any atom is 0.351 e. The third kappa shape index (κ3) is 4.90. The van der Waals surface area contributed by atoms with Crippen molar-refractivity contribution in [2.75, 3.05) is 11.9 Å². The summed E-state index contributed by atoms with van der Waals surface area (Å²) >= 11 is 0. The van der Waals surface area contributed by atoms with Gasteiger partial charge in [0.1, 0.15) is 18.0 Å². The van der Waals surface area contributed by atoms with Crippen LogP contribution in [0.25, 0.3) is 0 Å². The lowest BCUT2D eigenvalue weighted by Crippen LogP contribution is -2.51. The fraction of sp³-hybridized carbons (Fsp3) is 0.280. The first-order valence-corrected chi connectivity index (χ1v) is 10.9. The number of carbonyl (C=O) groups is 2. The van der Waals surface area contributed by atoms with Gasteiger partial charge in [0.2, 0.25) is 0 Å². The minimum atomic E-state index is -1.31. The predicted molar refractivity (Wildman–Crippen MR) is 123 cm³/mol. The summed E-state index contributed by atoms with van der Waals surface area (Å²) in [5, 5.41) is 13.6. The van der Waals surface area contributed by atoms with Gasteiger partial charge < -0.3 is 19.9 Å². The minimum Gasteiger partial charge on any atom is -0.455 e. The number of aromatic nitrogens is 2. The van der Waals surface area contributed by atoms with Crippen molar-refractivity contribution in [2.45, 2.75) is 32.3 Å². The fourth-order valence-electron chi connectivity index (χ4n) is 3.78. The van der Waals surface area contributed by atoms with Crippen molar-refractivity contribution in [1.82, 2.24) is 9.55 Å². The number of ether oxygens (including phenoxy) is 2. The van der Waals surface area contributed by atoms with Gasteiger partial charge in [0.15, 0.2) is 6.23 Å². The Morgan fingerprint density at radius 1 is 1.09 bits per heavy atom. The zero-order valence-corrected chi connectivity index (χ0v) is 18.8. The van der Waals surface area contributed by atoms with E-state index in [-0.39, 0.29) is 18.3 Å². The highest BCUT2D eigenvalue weighted by Crippen LogP contribution is 2.29. The Labute approximate surface area is 196 Å². The van der Waals surface area contributed by atoms with Gasteiger partial charge >= 0.3 is 11.7 Å². The number of aryl methyl sites for hydroxylation is 1. The number of carbonyl (C=O) groups excluding carboxylic acids is 2. The summed E-state index contributed by atoms with van der Waals surface area (Å²) in [5.41, 5.74) is 0.561. The van der Waals surface area contributed by atoms with E-state index in [1.807, 2.05) is 0 Å². The maximum atomic E-state index is 12.8. The Morgan fingerprint density at radius 2 is 1.71 bits per heavy atom. The van der Waals surface area contributed by atoms with Crippen LogP contribution in [0.15, 0.2) is 71.7 Å². The van der Waals surface area contributed by atoms with Crippen molar-refractivity contribution in [3.63, 3.8) is 0 Å². The van der Waals surface area contributed by atoms with E-state index in [1.165, 1.54) is 6.20 Å². The SMILES string of the molecule is Cc1cn(C2OCC(C)C(OC(=O)c3ccccc3)C2O)c(=O)nc1NC(=O)c1ccccc1. The van der Waals surface area contributed by atoms with Crippen LogP contribution in [-0.2, 0) is 9.47 Å². The summed E-state index contributed by atoms with van der Waals surface area (Å²) in [6.07, 6.45) is -1.85. The molecule has 34 heavy (non-hydrogen) atoms. The van der Waals surface area contributed by atoms with Crippen LogP contribution in [0.5, 0.6) is 0 Å². The van der Waals surface area contributed by atoms with Crippen LogP contribution in [0.3, 0.4) is 0 Å². The monoisotopic (exact) mass is 463 g/mol. The topological polar surface area (TPSA) is 120 Å². The molecule has 9 heteroatoms. The van der Waals surface area contributed by atoms with Crippen LogP contribution >= 0.6 is 0 Å². The van der Waals surface area contributed by atoms with Gasteiger partial charge in [0.25, 0.3) is 5.91 Å². The molecule has 1 aromatic heterocycles. The van der Waals surface area contributed by atoms with Crippen molar-refractivity contribution in [3.8, 4) is 0 Å². The van der Waals surface area contributed by atoms with Crippen LogP contribution < -0.4 is 11.0 Å². The molecule has 1 fully saturated rings. The van der Waals surface area contributed by atoms with Crippen LogP contribution in [0.1, 0.15) is 39.4 Å². The van der Waals surface area contributed by atoms with Crippen LogP contribution in [0.2, 0.25) is 0 Å². The molecule has 0 bridgehead atoms. The van der Waals surface area contributed by atoms with Gasteiger partial charge in [-0.2, -0.15) is 4.98 Å². The molecule has 2 heterocycles. The first-order chi connectivity index (χ1) is 16.3. The predicted octanol–water partition coefficient (Wildman–Crippen LogP) is 2.56. The largest absolute Gasteiger partial charge is 0.455 e. The van der Waals surface area contributed by atoms with Gasteiger partial charge in [-0.25, -0.2) is 9.59 Å². The van der Waals surface area contributed by atoms with Gasteiger partial charge in [-0.15, -0.1) is 0 Å². The van der Waals surface area contributed by atoms with Gasteiger partial charge in [-0.05, 0) is 31.2 Å². The summed E-state index contributed by atoms with van der Waals surface area (Å²) in [5.74, 6) is -1.16. The van der Waals surface area contributed by atoms with Gasteiger partial charge in [0.05, 0.1) is 12.2 Å². The third-order valence-electron chi connectivity index (χ3n) is 5.65. The van der Waals surface area contributed by atoms with E-state index >= 15 is 0 Å². The number of nitrogens with one attached hydrogen (secondary N) is 1. The average Bonchev–Trinajstić information content (AvgIpc) is 2.85. The molecule has 1 saturated heterocycles. The zero-order valence-electron chi connectivity index (χ0n) is 18.8. The van der Waals surface area contributed by atoms with Crippen molar-refractivity contribution in [3.05, 3.63) is 94.0 Å². The maximum absolute atomic E-state index is 12.8. The second-order valence-electron chi connectivity index (χ2n) is 8.21. The van der Waals surface area contributed by atoms with E-state index in [1.54, 1.807) is 74.5 Å². The number of hydrogen-bond acceptors (Lipinski definition) is 7. The smallest absolute Gasteiger partial charge is 0.351 e. The van der Waals surface area contributed by atoms with Crippen molar-refractivity contribution >= 4 is 17.7 Å². The highest BCUT2D eigenvalue weighted by Gasteiger charge is 2.41. The molecule has 176 valence electrons. The molecular formula is C25H25N3O6. The van der Waals surface area contributed by atoms with E-state index in [4.69, 9.17) is 9.47 Å². The number of benzene rings is 2. The van der Waals surface area contributed by atoms with Gasteiger partial charge in [-0.3, -0.25) is 9.36 Å². The number of esters is 1. The number of hydrogen-bond donors (Lipinski definition) is 2. The molecule has 0 spiro atoms. The molecule has 2 aromatic carbocycles. The summed E-state index contributed by atoms with van der Waals surface area (Å²) in [7, 11) is 0. The number of nitrogens with zero attached hydrogens (tertiary/aromatic N) is 2. The molecule has 9 nitrogen and oxygen atoms in total. The highest BCUT2D eigenvalue weighted by molar-refractivity contribution is 6.04. The summed E-state index contributed by atoms with van der Waals surface area (Å²) < 4.78 is 12.5. The van der Waals surface area contributed by atoms with Gasteiger partial charge in [0, 0.05) is 23.2 Å². The standard InChI is InChI=1S/C25H25N3O6/c1-15-13-28(25(32)27-21(15)26-22(30)17-9-5-3-6-10-17)23-19(29)20(16(2)14-33-23)34-24(31)18-11-7-4-8-12-18/h3-13,16,19-20,23,29H,14H2,1-2H3,(H,26,27,30,32). The Morgan fingerprint density at radius 3 is 2.35 bits per heavy atom. The molecule has 1 aliphatic heterocycles. The van der Waals surface area contributed by atoms with Crippen LogP contribution in [0.4, 0.5) is 5.82 Å². The minimum absolute atomic E-state index is 0.112. The van der Waals surface area contributed by atoms with E-state index in [9.17, 15) is 19.5 Å². The number of aliphatic hydroxyl groups is 1. The molecule has 0 saturated carbocycles. The summed E-state index contributed by atoms with van der Waals surface area (Å²) in [4.78, 5) is 41.7. The molecular weight excluding hydrogens is 438 g/mol. The van der Waals surface area contributed by atoms with Gasteiger partial charge in [-0.1, -0.05) is 43.3 Å². The summed E-state index contributed by atoms with van der Waals surface area (Å²) in [6, 6.07) is 17.0. The first-order valence-electron chi connectivity index (χ1n) is 10.9. The number of aliphatic hydroxyl groups excluding tert-OH is 1. The number of rotatable bonds is 5. The van der Waals surface area contributed by atoms with E-state index in [0.29, 0.717) is 16.7 Å². The van der Waals surface area contributed by atoms with Crippen LogP contribution in [0, 0.1) is 12.8 Å². The zero-order chi connectivity index (χ0) is 24.2.